The Bertz CT molecular complexity index is 221. The molecule has 0 radical (unpaired) electrons. The molecule has 0 aromatic heterocycles. The summed E-state index contributed by atoms with van der Waals surface area (Å²) in [5.41, 5.74) is 0. The number of aliphatic hydroxyl groups excluding tert-OH is 2. The average molecular weight is 233 g/mol. The number of hydrogen-bond donors (Lipinski definition) is 2. The topological polar surface area (TPSA) is 71.4 Å². The largest absolute Gasteiger partial charge is 0.387 e. The fourth-order valence-electron chi connectivity index (χ4n) is 2.10. The van der Waals surface area contributed by atoms with Gasteiger partial charge in [0.25, 0.3) is 0 Å². The van der Waals surface area contributed by atoms with Gasteiger partial charge in [-0.1, -0.05) is 0 Å². The number of morpholine rings is 1. The molecule has 0 bridgehead atoms. The van der Waals surface area contributed by atoms with Crippen molar-refractivity contribution in [3.05, 3.63) is 0 Å². The zero-order valence-corrected chi connectivity index (χ0v) is 9.41. The van der Waals surface area contributed by atoms with Crippen molar-refractivity contribution in [3.8, 4) is 0 Å². The number of nitrogens with zero attached hydrogens (tertiary/aromatic N) is 1. The molecule has 2 saturated heterocycles. The highest BCUT2D eigenvalue weighted by molar-refractivity contribution is 4.88. The van der Waals surface area contributed by atoms with E-state index in [-0.39, 0.29) is 0 Å². The molecule has 16 heavy (non-hydrogen) atoms. The molecule has 6 heteroatoms. The van der Waals surface area contributed by atoms with Gasteiger partial charge in [0, 0.05) is 26.7 Å². The van der Waals surface area contributed by atoms with E-state index in [1.807, 2.05) is 0 Å². The maximum absolute atomic E-state index is 9.78. The summed E-state index contributed by atoms with van der Waals surface area (Å²) < 4.78 is 15.6. The predicted molar refractivity (Wildman–Crippen MR) is 54.9 cm³/mol. The number of methoxy groups -OCH3 is 1. The minimum Gasteiger partial charge on any atom is -0.387 e. The van der Waals surface area contributed by atoms with Gasteiger partial charge in [0.15, 0.2) is 6.29 Å². The molecule has 0 amide bonds. The maximum Gasteiger partial charge on any atom is 0.186 e. The first kappa shape index (κ1) is 12.2. The fourth-order valence-corrected chi connectivity index (χ4v) is 2.10. The van der Waals surface area contributed by atoms with Gasteiger partial charge in [-0.15, -0.1) is 0 Å². The molecule has 2 N–H and O–H groups in total. The first-order valence-electron chi connectivity index (χ1n) is 5.57. The van der Waals surface area contributed by atoms with Crippen molar-refractivity contribution >= 4 is 0 Å². The summed E-state index contributed by atoms with van der Waals surface area (Å²) in [6.45, 7) is 3.68. The van der Waals surface area contributed by atoms with E-state index in [9.17, 15) is 10.2 Å². The van der Waals surface area contributed by atoms with Crippen LogP contribution in [0.4, 0.5) is 0 Å². The first-order valence-corrected chi connectivity index (χ1v) is 5.57. The van der Waals surface area contributed by atoms with Crippen LogP contribution in [0.5, 0.6) is 0 Å². The number of hydrogen-bond acceptors (Lipinski definition) is 6. The van der Waals surface area contributed by atoms with Crippen LogP contribution in [0.3, 0.4) is 0 Å². The van der Waals surface area contributed by atoms with E-state index in [2.05, 4.69) is 4.90 Å². The van der Waals surface area contributed by atoms with Gasteiger partial charge < -0.3 is 24.4 Å². The van der Waals surface area contributed by atoms with Crippen molar-refractivity contribution in [1.82, 2.24) is 4.90 Å². The normalized spacial score (nSPS) is 41.4. The second-order valence-corrected chi connectivity index (χ2v) is 4.17. The third-order valence-electron chi connectivity index (χ3n) is 3.09. The quantitative estimate of drug-likeness (QED) is 0.612. The van der Waals surface area contributed by atoms with Crippen molar-refractivity contribution in [2.45, 2.75) is 24.6 Å². The van der Waals surface area contributed by atoms with Crippen LogP contribution >= 0.6 is 0 Å². The van der Waals surface area contributed by atoms with Crippen molar-refractivity contribution in [3.63, 3.8) is 0 Å². The molecule has 0 saturated carbocycles. The number of rotatable bonds is 3. The predicted octanol–water partition coefficient (Wildman–Crippen LogP) is -1.59. The lowest BCUT2D eigenvalue weighted by Gasteiger charge is -2.29. The molecule has 0 spiro atoms. The molecular formula is C10H19NO5. The van der Waals surface area contributed by atoms with E-state index in [4.69, 9.17) is 14.2 Å². The molecule has 2 aliphatic heterocycles. The van der Waals surface area contributed by atoms with Crippen LogP contribution in [0.25, 0.3) is 0 Å². The Kier molecular flexibility index (Phi) is 4.12. The molecule has 2 fully saturated rings. The van der Waals surface area contributed by atoms with Crippen LogP contribution in [-0.2, 0) is 14.2 Å². The second kappa shape index (κ2) is 5.39. The molecule has 2 rings (SSSR count). The Hall–Kier alpha value is -0.240. The molecular weight excluding hydrogens is 214 g/mol. The van der Waals surface area contributed by atoms with Gasteiger partial charge in [-0.2, -0.15) is 0 Å². The van der Waals surface area contributed by atoms with Gasteiger partial charge in [-0.05, 0) is 0 Å². The highest BCUT2D eigenvalue weighted by Crippen LogP contribution is 2.22. The lowest BCUT2D eigenvalue weighted by Crippen LogP contribution is -2.44. The monoisotopic (exact) mass is 233 g/mol. The lowest BCUT2D eigenvalue weighted by atomic mass is 10.1. The standard InChI is InChI=1S/C10H19NO5/c1-14-10-9(13)8(12)7(16-10)6-11-2-4-15-5-3-11/h7-10,12-13H,2-6H2,1H3/t7-,8-,9+,10+/m1/s1. The molecule has 94 valence electrons. The van der Waals surface area contributed by atoms with Gasteiger partial charge in [-0.3, -0.25) is 4.90 Å². The average Bonchev–Trinajstić information content (AvgIpc) is 2.58. The highest BCUT2D eigenvalue weighted by Gasteiger charge is 2.43. The van der Waals surface area contributed by atoms with Crippen molar-refractivity contribution in [1.29, 1.82) is 0 Å². The molecule has 0 aromatic rings. The van der Waals surface area contributed by atoms with E-state index < -0.39 is 24.6 Å². The van der Waals surface area contributed by atoms with Gasteiger partial charge in [0.1, 0.15) is 18.3 Å². The van der Waals surface area contributed by atoms with Crippen LogP contribution in [0.2, 0.25) is 0 Å². The van der Waals surface area contributed by atoms with Crippen molar-refractivity contribution in [2.24, 2.45) is 0 Å². The molecule has 0 aliphatic carbocycles. The molecule has 0 unspecified atom stereocenters. The minimum atomic E-state index is -0.962. The molecule has 2 heterocycles. The Morgan fingerprint density at radius 1 is 1.25 bits per heavy atom. The van der Waals surface area contributed by atoms with Crippen molar-refractivity contribution in [2.75, 3.05) is 40.0 Å². The van der Waals surface area contributed by atoms with Gasteiger partial charge >= 0.3 is 0 Å². The lowest BCUT2D eigenvalue weighted by molar-refractivity contribution is -0.152. The molecule has 6 nitrogen and oxygen atoms in total. The third-order valence-corrected chi connectivity index (χ3v) is 3.09. The Morgan fingerprint density at radius 2 is 1.94 bits per heavy atom. The summed E-state index contributed by atoms with van der Waals surface area (Å²) in [6, 6.07) is 0. The van der Waals surface area contributed by atoms with Crippen LogP contribution in [-0.4, -0.2) is 79.7 Å². The van der Waals surface area contributed by atoms with E-state index >= 15 is 0 Å². The van der Waals surface area contributed by atoms with Crippen LogP contribution in [0, 0.1) is 0 Å². The van der Waals surface area contributed by atoms with E-state index in [1.54, 1.807) is 0 Å². The summed E-state index contributed by atoms with van der Waals surface area (Å²) in [6.07, 6.45) is -2.96. The summed E-state index contributed by atoms with van der Waals surface area (Å²) in [5, 5.41) is 19.4. The molecule has 2 aliphatic rings. The summed E-state index contributed by atoms with van der Waals surface area (Å²) in [5.74, 6) is 0. The Balaban J connectivity index is 1.85. The smallest absolute Gasteiger partial charge is 0.186 e. The summed E-state index contributed by atoms with van der Waals surface area (Å²) >= 11 is 0. The van der Waals surface area contributed by atoms with E-state index in [0.717, 1.165) is 13.1 Å². The minimum absolute atomic E-state index is 0.391. The second-order valence-electron chi connectivity index (χ2n) is 4.17. The summed E-state index contributed by atoms with van der Waals surface area (Å²) in [7, 11) is 1.46. The van der Waals surface area contributed by atoms with Crippen LogP contribution in [0.15, 0.2) is 0 Å². The Morgan fingerprint density at radius 3 is 2.50 bits per heavy atom. The Labute approximate surface area is 94.7 Å². The SMILES string of the molecule is CO[C@H]1O[C@H](CN2CCOCC2)[C@@H](O)[C@@H]1O. The number of aliphatic hydroxyl groups is 2. The molecule has 0 aromatic carbocycles. The maximum atomic E-state index is 9.78. The first-order chi connectivity index (χ1) is 7.72. The van der Waals surface area contributed by atoms with Crippen molar-refractivity contribution < 1.29 is 24.4 Å². The zero-order chi connectivity index (χ0) is 11.5. The van der Waals surface area contributed by atoms with Gasteiger partial charge in [-0.25, -0.2) is 0 Å². The zero-order valence-electron chi connectivity index (χ0n) is 9.41. The van der Waals surface area contributed by atoms with E-state index in [0.29, 0.717) is 19.8 Å². The summed E-state index contributed by atoms with van der Waals surface area (Å²) in [4.78, 5) is 2.15. The highest BCUT2D eigenvalue weighted by atomic mass is 16.7. The van der Waals surface area contributed by atoms with Gasteiger partial charge in [0.05, 0.1) is 13.2 Å². The van der Waals surface area contributed by atoms with Crippen LogP contribution < -0.4 is 0 Å². The van der Waals surface area contributed by atoms with E-state index in [1.165, 1.54) is 7.11 Å². The number of ether oxygens (including phenoxy) is 3. The fraction of sp³-hybridized carbons (Fsp3) is 1.00. The third kappa shape index (κ3) is 2.53. The van der Waals surface area contributed by atoms with Crippen LogP contribution in [0.1, 0.15) is 0 Å². The van der Waals surface area contributed by atoms with Gasteiger partial charge in [0.2, 0.25) is 0 Å². The molecule has 4 atom stereocenters.